The first kappa shape index (κ1) is 21.6. The largest absolute Gasteiger partial charge is 0.464 e. The van der Waals surface area contributed by atoms with E-state index in [0.29, 0.717) is 33.0 Å². The molecule has 0 saturated heterocycles. The Balaban J connectivity index is -0.000000439. The average Bonchev–Trinajstić information content (AvgIpc) is 2.39. The maximum Gasteiger partial charge on any atom is 0.332 e. The molecule has 0 heterocycles. The standard InChI is InChI=1S/C8H17NO4.2C2H6/c1-2-13-8(10)7-12-6-5-11-4-3-9;2*1-2/h2-7,9H2,1H3;2*1-2H3. The number of esters is 1. The zero-order valence-corrected chi connectivity index (χ0v) is 12.0. The van der Waals surface area contributed by atoms with Crippen LogP contribution in [0.1, 0.15) is 34.6 Å². The Morgan fingerprint density at radius 2 is 1.53 bits per heavy atom. The maximum atomic E-state index is 10.7. The minimum absolute atomic E-state index is 0.0141. The van der Waals surface area contributed by atoms with Crippen molar-refractivity contribution in [2.75, 3.05) is 39.6 Å². The van der Waals surface area contributed by atoms with E-state index >= 15 is 0 Å². The summed E-state index contributed by atoms with van der Waals surface area (Å²) in [5, 5.41) is 0. The first-order valence-electron chi connectivity index (χ1n) is 6.32. The van der Waals surface area contributed by atoms with Gasteiger partial charge in [0.15, 0.2) is 0 Å². The van der Waals surface area contributed by atoms with Gasteiger partial charge in [-0.15, -0.1) is 0 Å². The molecule has 17 heavy (non-hydrogen) atoms. The van der Waals surface area contributed by atoms with E-state index in [1.54, 1.807) is 6.92 Å². The van der Waals surface area contributed by atoms with Gasteiger partial charge in [0, 0.05) is 6.54 Å². The molecule has 0 aliphatic rings. The molecule has 0 fully saturated rings. The van der Waals surface area contributed by atoms with Gasteiger partial charge in [0.1, 0.15) is 6.61 Å². The molecule has 0 atom stereocenters. The van der Waals surface area contributed by atoms with Crippen molar-refractivity contribution in [1.82, 2.24) is 0 Å². The van der Waals surface area contributed by atoms with Crippen molar-refractivity contribution in [3.8, 4) is 0 Å². The molecule has 0 aromatic heterocycles. The minimum Gasteiger partial charge on any atom is -0.464 e. The van der Waals surface area contributed by atoms with Crippen LogP contribution in [0.5, 0.6) is 0 Å². The number of hydrogen-bond donors (Lipinski definition) is 1. The summed E-state index contributed by atoms with van der Waals surface area (Å²) in [6.07, 6.45) is 0. The van der Waals surface area contributed by atoms with Crippen LogP contribution in [0.15, 0.2) is 0 Å². The molecular formula is C12H29NO4. The van der Waals surface area contributed by atoms with Gasteiger partial charge in [-0.3, -0.25) is 0 Å². The normalized spacial score (nSPS) is 8.35. The van der Waals surface area contributed by atoms with Crippen LogP contribution in [0, 0.1) is 0 Å². The molecule has 0 aliphatic carbocycles. The lowest BCUT2D eigenvalue weighted by molar-refractivity contribution is -0.148. The first-order valence-corrected chi connectivity index (χ1v) is 6.32. The highest BCUT2D eigenvalue weighted by Crippen LogP contribution is 1.82. The molecular weight excluding hydrogens is 222 g/mol. The molecule has 0 aromatic rings. The Labute approximate surface area is 106 Å². The summed E-state index contributed by atoms with van der Waals surface area (Å²) in [4.78, 5) is 10.7. The summed E-state index contributed by atoms with van der Waals surface area (Å²) in [5.74, 6) is -0.346. The second kappa shape index (κ2) is 24.5. The number of nitrogens with two attached hydrogens (primary N) is 1. The van der Waals surface area contributed by atoms with E-state index in [1.165, 1.54) is 0 Å². The third-order valence-electron chi connectivity index (χ3n) is 1.16. The molecule has 106 valence electrons. The lowest BCUT2D eigenvalue weighted by Crippen LogP contribution is -2.16. The van der Waals surface area contributed by atoms with Gasteiger partial charge in [0.25, 0.3) is 0 Å². The Hall–Kier alpha value is -0.650. The first-order chi connectivity index (χ1) is 8.31. The van der Waals surface area contributed by atoms with Crippen LogP contribution in [0.2, 0.25) is 0 Å². The van der Waals surface area contributed by atoms with Crippen molar-refractivity contribution < 1.29 is 19.0 Å². The van der Waals surface area contributed by atoms with Crippen molar-refractivity contribution in [3.63, 3.8) is 0 Å². The number of carbonyl (C=O) groups is 1. The number of rotatable bonds is 8. The zero-order valence-electron chi connectivity index (χ0n) is 12.0. The molecule has 0 saturated carbocycles. The summed E-state index contributed by atoms with van der Waals surface area (Å²) in [5.41, 5.74) is 5.19. The van der Waals surface area contributed by atoms with E-state index in [1.807, 2.05) is 27.7 Å². The number of hydrogen-bond acceptors (Lipinski definition) is 5. The van der Waals surface area contributed by atoms with Gasteiger partial charge >= 0.3 is 5.97 Å². The summed E-state index contributed by atoms with van der Waals surface area (Å²) >= 11 is 0. The molecule has 0 aliphatic heterocycles. The Morgan fingerprint density at radius 3 is 2.00 bits per heavy atom. The Bertz CT molecular complexity index is 132. The van der Waals surface area contributed by atoms with Crippen LogP contribution in [-0.2, 0) is 19.0 Å². The molecule has 0 aromatic carbocycles. The van der Waals surface area contributed by atoms with Crippen LogP contribution in [0.25, 0.3) is 0 Å². The highest BCUT2D eigenvalue weighted by Gasteiger charge is 1.99. The number of carbonyl (C=O) groups excluding carboxylic acids is 1. The van der Waals surface area contributed by atoms with Crippen LogP contribution in [-0.4, -0.2) is 45.5 Å². The lowest BCUT2D eigenvalue weighted by Gasteiger charge is -2.04. The fourth-order valence-electron chi connectivity index (χ4n) is 0.661. The van der Waals surface area contributed by atoms with Gasteiger partial charge in [-0.2, -0.15) is 0 Å². The molecule has 5 heteroatoms. The monoisotopic (exact) mass is 251 g/mol. The predicted octanol–water partition coefficient (Wildman–Crippen LogP) is 1.59. The topological polar surface area (TPSA) is 70.8 Å². The molecule has 0 amide bonds. The summed E-state index contributed by atoms with van der Waals surface area (Å²) in [6.45, 7) is 12.0. The van der Waals surface area contributed by atoms with Crippen LogP contribution < -0.4 is 5.73 Å². The van der Waals surface area contributed by atoms with Crippen molar-refractivity contribution in [2.45, 2.75) is 34.6 Å². The Morgan fingerprint density at radius 1 is 1.00 bits per heavy atom. The van der Waals surface area contributed by atoms with Crippen LogP contribution in [0.3, 0.4) is 0 Å². The van der Waals surface area contributed by atoms with Crippen molar-refractivity contribution >= 4 is 5.97 Å². The van der Waals surface area contributed by atoms with Gasteiger partial charge in [-0.05, 0) is 6.92 Å². The smallest absolute Gasteiger partial charge is 0.332 e. The quantitative estimate of drug-likeness (QED) is 0.524. The third kappa shape index (κ3) is 25.5. The number of ether oxygens (including phenoxy) is 3. The fraction of sp³-hybridized carbons (Fsp3) is 0.917. The molecule has 0 unspecified atom stereocenters. The Kier molecular flexibility index (Phi) is 31.2. The second-order valence-electron chi connectivity index (χ2n) is 2.26. The molecule has 0 bridgehead atoms. The minimum atomic E-state index is -0.346. The van der Waals surface area contributed by atoms with Gasteiger partial charge in [0.2, 0.25) is 0 Å². The van der Waals surface area contributed by atoms with Crippen LogP contribution >= 0.6 is 0 Å². The fourth-order valence-corrected chi connectivity index (χ4v) is 0.661. The highest BCUT2D eigenvalue weighted by atomic mass is 16.6. The van der Waals surface area contributed by atoms with Crippen molar-refractivity contribution in [3.05, 3.63) is 0 Å². The van der Waals surface area contributed by atoms with E-state index in [9.17, 15) is 4.79 Å². The van der Waals surface area contributed by atoms with Crippen molar-refractivity contribution in [2.24, 2.45) is 5.73 Å². The molecule has 5 nitrogen and oxygen atoms in total. The van der Waals surface area contributed by atoms with Gasteiger partial charge in [-0.1, -0.05) is 27.7 Å². The van der Waals surface area contributed by atoms with E-state index in [2.05, 4.69) is 4.74 Å². The van der Waals surface area contributed by atoms with Gasteiger partial charge in [0.05, 0.1) is 26.4 Å². The summed E-state index contributed by atoms with van der Waals surface area (Å²) in [6, 6.07) is 0. The van der Waals surface area contributed by atoms with E-state index < -0.39 is 0 Å². The molecule has 0 spiro atoms. The van der Waals surface area contributed by atoms with Gasteiger partial charge in [-0.25, -0.2) is 4.79 Å². The van der Waals surface area contributed by atoms with Gasteiger partial charge < -0.3 is 19.9 Å². The summed E-state index contributed by atoms with van der Waals surface area (Å²) < 4.78 is 14.6. The third-order valence-corrected chi connectivity index (χ3v) is 1.16. The van der Waals surface area contributed by atoms with E-state index in [0.717, 1.165) is 0 Å². The molecule has 0 rings (SSSR count). The average molecular weight is 251 g/mol. The maximum absolute atomic E-state index is 10.7. The zero-order chi connectivity index (χ0) is 13.9. The second-order valence-corrected chi connectivity index (χ2v) is 2.26. The van der Waals surface area contributed by atoms with E-state index in [4.69, 9.17) is 15.2 Å². The summed E-state index contributed by atoms with van der Waals surface area (Å²) in [7, 11) is 0. The van der Waals surface area contributed by atoms with Crippen LogP contribution in [0.4, 0.5) is 0 Å². The molecule has 0 radical (unpaired) electrons. The van der Waals surface area contributed by atoms with Crippen molar-refractivity contribution in [1.29, 1.82) is 0 Å². The lowest BCUT2D eigenvalue weighted by atomic mass is 10.7. The molecule has 2 N–H and O–H groups in total. The van der Waals surface area contributed by atoms with E-state index in [-0.39, 0.29) is 12.6 Å². The highest BCUT2D eigenvalue weighted by molar-refractivity contribution is 5.70. The SMILES string of the molecule is CC.CC.CCOC(=O)COCCOCCN. The predicted molar refractivity (Wildman–Crippen MR) is 70.0 cm³/mol.